The number of hydrogen-bond acceptors (Lipinski definition) is 3. The molecule has 4 N–H and O–H groups in total. The van der Waals surface area contributed by atoms with E-state index in [1.165, 1.54) is 15.3 Å². The Morgan fingerprint density at radius 3 is 2.55 bits per heavy atom. The lowest BCUT2D eigenvalue weighted by molar-refractivity contribution is 0.751. The van der Waals surface area contributed by atoms with Crippen LogP contribution in [0.1, 0.15) is 21.4 Å². The first-order valence-corrected chi connectivity index (χ1v) is 4.49. The highest BCUT2D eigenvalue weighted by Crippen LogP contribution is 2.24. The summed E-state index contributed by atoms with van der Waals surface area (Å²) in [6, 6.07) is 2.14. The van der Waals surface area contributed by atoms with Crippen LogP contribution < -0.4 is 11.5 Å². The van der Waals surface area contributed by atoms with Crippen LogP contribution in [0.2, 0.25) is 0 Å². The van der Waals surface area contributed by atoms with Crippen molar-refractivity contribution in [2.75, 3.05) is 6.54 Å². The second-order valence-electron chi connectivity index (χ2n) is 2.73. The van der Waals surface area contributed by atoms with Crippen molar-refractivity contribution in [3.63, 3.8) is 0 Å². The predicted molar refractivity (Wildman–Crippen MR) is 49.8 cm³/mol. The normalized spacial score (nSPS) is 13.5. The molecule has 11 heavy (non-hydrogen) atoms. The van der Waals surface area contributed by atoms with Crippen LogP contribution in [0.3, 0.4) is 0 Å². The zero-order valence-electron chi connectivity index (χ0n) is 6.92. The minimum Gasteiger partial charge on any atom is -0.329 e. The van der Waals surface area contributed by atoms with Crippen LogP contribution in [0, 0.1) is 13.8 Å². The zero-order chi connectivity index (χ0) is 8.43. The number of thiophene rings is 1. The third kappa shape index (κ3) is 1.80. The molecule has 0 aliphatic rings. The van der Waals surface area contributed by atoms with E-state index in [9.17, 15) is 0 Å². The molecule has 0 amide bonds. The average molecular weight is 170 g/mol. The van der Waals surface area contributed by atoms with Gasteiger partial charge in [0.1, 0.15) is 0 Å². The minimum absolute atomic E-state index is 0.0207. The van der Waals surface area contributed by atoms with Crippen molar-refractivity contribution >= 4 is 11.3 Å². The lowest BCUT2D eigenvalue weighted by Gasteiger charge is -2.03. The third-order valence-corrected chi connectivity index (χ3v) is 3.09. The quantitative estimate of drug-likeness (QED) is 0.703. The molecule has 1 aromatic heterocycles. The molecule has 0 unspecified atom stereocenters. The van der Waals surface area contributed by atoms with E-state index in [0.717, 1.165) is 0 Å². The molecule has 0 bridgehead atoms. The van der Waals surface area contributed by atoms with Crippen LogP contribution in [0.15, 0.2) is 6.07 Å². The molecule has 0 saturated heterocycles. The molecule has 0 fully saturated rings. The van der Waals surface area contributed by atoms with Gasteiger partial charge in [-0.2, -0.15) is 0 Å². The van der Waals surface area contributed by atoms with Crippen molar-refractivity contribution in [3.05, 3.63) is 21.4 Å². The second-order valence-corrected chi connectivity index (χ2v) is 4.02. The maximum Gasteiger partial charge on any atom is 0.0514 e. The van der Waals surface area contributed by atoms with Crippen LogP contribution in [0.25, 0.3) is 0 Å². The van der Waals surface area contributed by atoms with Crippen LogP contribution in [-0.2, 0) is 0 Å². The Labute approximate surface area is 71.2 Å². The Morgan fingerprint density at radius 2 is 2.18 bits per heavy atom. The molecule has 0 saturated carbocycles. The Kier molecular flexibility index (Phi) is 2.65. The van der Waals surface area contributed by atoms with Gasteiger partial charge >= 0.3 is 0 Å². The lowest BCUT2D eigenvalue weighted by atomic mass is 10.2. The maximum absolute atomic E-state index is 5.76. The number of rotatable bonds is 2. The Balaban J connectivity index is 2.88. The number of hydrogen-bond donors (Lipinski definition) is 2. The summed E-state index contributed by atoms with van der Waals surface area (Å²) in [5.74, 6) is 0. The SMILES string of the molecule is Cc1cc([C@H](N)CN)sc1C. The van der Waals surface area contributed by atoms with E-state index in [0.29, 0.717) is 6.54 Å². The molecule has 62 valence electrons. The fraction of sp³-hybridized carbons (Fsp3) is 0.500. The fourth-order valence-corrected chi connectivity index (χ4v) is 1.96. The summed E-state index contributed by atoms with van der Waals surface area (Å²) in [7, 11) is 0. The largest absolute Gasteiger partial charge is 0.329 e. The van der Waals surface area contributed by atoms with E-state index >= 15 is 0 Å². The van der Waals surface area contributed by atoms with E-state index in [1.54, 1.807) is 11.3 Å². The van der Waals surface area contributed by atoms with Crippen molar-refractivity contribution in [1.29, 1.82) is 0 Å². The molecule has 1 rings (SSSR count). The molecular weight excluding hydrogens is 156 g/mol. The molecule has 2 nitrogen and oxygen atoms in total. The van der Waals surface area contributed by atoms with Gasteiger partial charge in [0.25, 0.3) is 0 Å². The molecular formula is C8H14N2S. The molecule has 0 aromatic carbocycles. The van der Waals surface area contributed by atoms with E-state index < -0.39 is 0 Å². The van der Waals surface area contributed by atoms with E-state index in [-0.39, 0.29) is 6.04 Å². The van der Waals surface area contributed by atoms with Gasteiger partial charge < -0.3 is 11.5 Å². The van der Waals surface area contributed by atoms with Gasteiger partial charge in [0.15, 0.2) is 0 Å². The fourth-order valence-electron chi connectivity index (χ4n) is 0.901. The Morgan fingerprint density at radius 1 is 1.55 bits per heavy atom. The Hall–Kier alpha value is -0.380. The molecule has 1 aromatic rings. The smallest absolute Gasteiger partial charge is 0.0514 e. The summed E-state index contributed by atoms with van der Waals surface area (Å²) < 4.78 is 0. The average Bonchev–Trinajstić information content (AvgIpc) is 2.31. The zero-order valence-corrected chi connectivity index (χ0v) is 7.74. The maximum atomic E-state index is 5.76. The second kappa shape index (κ2) is 3.34. The lowest BCUT2D eigenvalue weighted by Crippen LogP contribution is -2.19. The van der Waals surface area contributed by atoms with Gasteiger partial charge in [0.05, 0.1) is 6.04 Å². The van der Waals surface area contributed by atoms with Gasteiger partial charge in [-0.1, -0.05) is 0 Å². The van der Waals surface area contributed by atoms with Gasteiger partial charge in [-0.15, -0.1) is 11.3 Å². The van der Waals surface area contributed by atoms with Crippen molar-refractivity contribution in [2.45, 2.75) is 19.9 Å². The summed E-state index contributed by atoms with van der Waals surface area (Å²) in [6.45, 7) is 4.73. The molecule has 0 aliphatic heterocycles. The summed E-state index contributed by atoms with van der Waals surface area (Å²) in [6.07, 6.45) is 0. The Bertz CT molecular complexity index is 223. The molecule has 0 radical (unpaired) electrons. The standard InChI is InChI=1S/C8H14N2S/c1-5-3-8(7(10)4-9)11-6(5)2/h3,7H,4,9-10H2,1-2H3/t7-/m1/s1. The van der Waals surface area contributed by atoms with Crippen molar-refractivity contribution in [2.24, 2.45) is 11.5 Å². The van der Waals surface area contributed by atoms with Gasteiger partial charge in [0.2, 0.25) is 0 Å². The van der Waals surface area contributed by atoms with Crippen LogP contribution in [-0.4, -0.2) is 6.54 Å². The topological polar surface area (TPSA) is 52.0 Å². The summed E-state index contributed by atoms with van der Waals surface area (Å²) >= 11 is 1.74. The highest BCUT2D eigenvalue weighted by atomic mass is 32.1. The third-order valence-electron chi connectivity index (χ3n) is 1.80. The highest BCUT2D eigenvalue weighted by molar-refractivity contribution is 7.12. The number of nitrogens with two attached hydrogens (primary N) is 2. The molecule has 1 heterocycles. The van der Waals surface area contributed by atoms with Crippen LogP contribution >= 0.6 is 11.3 Å². The van der Waals surface area contributed by atoms with E-state index in [2.05, 4.69) is 19.9 Å². The van der Waals surface area contributed by atoms with Crippen LogP contribution in [0.5, 0.6) is 0 Å². The van der Waals surface area contributed by atoms with Crippen molar-refractivity contribution in [3.8, 4) is 0 Å². The van der Waals surface area contributed by atoms with Gasteiger partial charge in [0, 0.05) is 16.3 Å². The minimum atomic E-state index is 0.0207. The van der Waals surface area contributed by atoms with Gasteiger partial charge in [-0.3, -0.25) is 0 Å². The molecule has 1 atom stereocenters. The monoisotopic (exact) mass is 170 g/mol. The first-order chi connectivity index (χ1) is 5.15. The first-order valence-electron chi connectivity index (χ1n) is 3.67. The van der Waals surface area contributed by atoms with Crippen LogP contribution in [0.4, 0.5) is 0 Å². The van der Waals surface area contributed by atoms with Gasteiger partial charge in [-0.05, 0) is 25.5 Å². The molecule has 0 aliphatic carbocycles. The summed E-state index contributed by atoms with van der Waals surface area (Å²) in [5, 5.41) is 0. The first kappa shape index (κ1) is 8.71. The highest BCUT2D eigenvalue weighted by Gasteiger charge is 2.07. The van der Waals surface area contributed by atoms with E-state index in [1.807, 2.05) is 0 Å². The van der Waals surface area contributed by atoms with Crippen molar-refractivity contribution in [1.82, 2.24) is 0 Å². The predicted octanol–water partition coefficient (Wildman–Crippen LogP) is 1.32. The molecule has 3 heteroatoms. The number of aryl methyl sites for hydroxylation is 2. The summed E-state index contributed by atoms with van der Waals surface area (Å²) in [4.78, 5) is 2.53. The van der Waals surface area contributed by atoms with Crippen molar-refractivity contribution < 1.29 is 0 Å². The van der Waals surface area contributed by atoms with Gasteiger partial charge in [-0.25, -0.2) is 0 Å². The molecule has 0 spiro atoms. The summed E-state index contributed by atoms with van der Waals surface area (Å²) in [5.41, 5.74) is 12.5. The van der Waals surface area contributed by atoms with E-state index in [4.69, 9.17) is 11.5 Å².